The van der Waals surface area contributed by atoms with Gasteiger partial charge in [-0.25, -0.2) is 4.68 Å². The van der Waals surface area contributed by atoms with Crippen molar-refractivity contribution in [1.29, 1.82) is 0 Å². The summed E-state index contributed by atoms with van der Waals surface area (Å²) in [6, 6.07) is 17.1. The Hall–Kier alpha value is -2.06. The van der Waals surface area contributed by atoms with Gasteiger partial charge in [-0.05, 0) is 47.1 Å². The van der Waals surface area contributed by atoms with Crippen molar-refractivity contribution in [3.8, 4) is 11.4 Å². The molecule has 0 saturated carbocycles. The molecule has 27 heavy (non-hydrogen) atoms. The summed E-state index contributed by atoms with van der Waals surface area (Å²) in [4.78, 5) is 9.94. The number of H-pyrrole nitrogens is 1. The van der Waals surface area contributed by atoms with Crippen LogP contribution in [0.25, 0.3) is 11.4 Å². The van der Waals surface area contributed by atoms with Crippen molar-refractivity contribution in [3.63, 3.8) is 0 Å². The van der Waals surface area contributed by atoms with Crippen molar-refractivity contribution in [1.82, 2.24) is 19.7 Å². The molecule has 0 unspecified atom stereocenters. The molecule has 136 valence electrons. The SMILES string of the molecule is S=c1nc(-c2ccccc2)[nH]n1CN1CCc2sccc2[C@@H]1c1cccs1. The van der Waals surface area contributed by atoms with Crippen LogP contribution >= 0.6 is 34.9 Å². The van der Waals surface area contributed by atoms with Gasteiger partial charge in [0.05, 0.1) is 12.7 Å². The Morgan fingerprint density at radius 3 is 2.78 bits per heavy atom. The van der Waals surface area contributed by atoms with Gasteiger partial charge in [0, 0.05) is 21.9 Å². The lowest BCUT2D eigenvalue weighted by atomic mass is 9.99. The minimum atomic E-state index is 0.283. The van der Waals surface area contributed by atoms with Crippen LogP contribution < -0.4 is 0 Å². The highest BCUT2D eigenvalue weighted by atomic mass is 32.1. The zero-order valence-corrected chi connectivity index (χ0v) is 17.0. The lowest BCUT2D eigenvalue weighted by Crippen LogP contribution is -2.36. The van der Waals surface area contributed by atoms with E-state index in [1.54, 1.807) is 0 Å². The number of nitrogens with zero attached hydrogens (tertiary/aromatic N) is 3. The third-order valence-corrected chi connectivity index (χ3v) is 7.16. The third-order valence-electron chi connectivity index (χ3n) is 4.93. The molecular formula is C20H18N4S3. The van der Waals surface area contributed by atoms with E-state index in [1.807, 2.05) is 57.7 Å². The number of benzene rings is 1. The van der Waals surface area contributed by atoms with Crippen molar-refractivity contribution < 1.29 is 0 Å². The first-order valence-electron chi connectivity index (χ1n) is 8.85. The number of thiophene rings is 2. The van der Waals surface area contributed by atoms with E-state index in [1.165, 1.54) is 15.3 Å². The van der Waals surface area contributed by atoms with Gasteiger partial charge in [0.2, 0.25) is 4.77 Å². The molecule has 1 aliphatic rings. The quantitative estimate of drug-likeness (QED) is 0.462. The highest BCUT2D eigenvalue weighted by molar-refractivity contribution is 7.71. The van der Waals surface area contributed by atoms with E-state index in [9.17, 15) is 0 Å². The third kappa shape index (κ3) is 3.21. The number of hydrogen-bond donors (Lipinski definition) is 1. The Kier molecular flexibility index (Phi) is 4.53. The second-order valence-electron chi connectivity index (χ2n) is 6.57. The van der Waals surface area contributed by atoms with Crippen molar-refractivity contribution in [2.75, 3.05) is 6.54 Å². The topological polar surface area (TPSA) is 36.9 Å². The van der Waals surface area contributed by atoms with E-state index < -0.39 is 0 Å². The molecule has 3 aromatic heterocycles. The standard InChI is InChI=1S/C20H18N4S3/c25-20-21-19(14-5-2-1-3-6-14)22-24(20)13-23-10-8-16-15(9-12-27-16)18(23)17-7-4-11-26-17/h1-7,9,11-12,18H,8,10,13H2,(H,21,22,25)/t18-/m1/s1. The predicted octanol–water partition coefficient (Wildman–Crippen LogP) is 5.34. The smallest absolute Gasteiger partial charge is 0.217 e. The second-order valence-corrected chi connectivity index (χ2v) is 8.91. The molecule has 4 heterocycles. The summed E-state index contributed by atoms with van der Waals surface area (Å²) in [7, 11) is 0. The van der Waals surface area contributed by atoms with Crippen LogP contribution in [-0.4, -0.2) is 26.2 Å². The molecule has 1 aromatic carbocycles. The van der Waals surface area contributed by atoms with Crippen LogP contribution in [0.1, 0.15) is 21.4 Å². The first-order valence-corrected chi connectivity index (χ1v) is 11.0. The van der Waals surface area contributed by atoms with Gasteiger partial charge in [0.15, 0.2) is 5.82 Å². The van der Waals surface area contributed by atoms with E-state index in [0.717, 1.165) is 24.4 Å². The molecule has 5 rings (SSSR count). The minimum Gasteiger partial charge on any atom is -0.278 e. The molecule has 4 aromatic rings. The van der Waals surface area contributed by atoms with Gasteiger partial charge in [-0.1, -0.05) is 36.4 Å². The summed E-state index contributed by atoms with van der Waals surface area (Å²) in [5.74, 6) is 0.821. The number of aromatic amines is 1. The maximum Gasteiger partial charge on any atom is 0.217 e. The van der Waals surface area contributed by atoms with Crippen LogP contribution in [-0.2, 0) is 13.1 Å². The van der Waals surface area contributed by atoms with Crippen molar-refractivity contribution in [2.45, 2.75) is 19.1 Å². The lowest BCUT2D eigenvalue weighted by molar-refractivity contribution is 0.158. The van der Waals surface area contributed by atoms with Crippen LogP contribution in [0.15, 0.2) is 59.3 Å². The van der Waals surface area contributed by atoms with E-state index in [0.29, 0.717) is 11.4 Å². The normalized spacial score (nSPS) is 17.1. The van der Waals surface area contributed by atoms with Gasteiger partial charge in [0.25, 0.3) is 0 Å². The Labute approximate surface area is 170 Å². The number of hydrogen-bond acceptors (Lipinski definition) is 5. The Bertz CT molecular complexity index is 1090. The van der Waals surface area contributed by atoms with Gasteiger partial charge < -0.3 is 0 Å². The van der Waals surface area contributed by atoms with Gasteiger partial charge in [-0.15, -0.1) is 22.7 Å². The molecule has 1 atom stereocenters. The molecule has 0 aliphatic carbocycles. The van der Waals surface area contributed by atoms with Crippen LogP contribution in [0, 0.1) is 4.77 Å². The van der Waals surface area contributed by atoms with Gasteiger partial charge in [-0.2, -0.15) is 4.98 Å². The van der Waals surface area contributed by atoms with Gasteiger partial charge in [0.1, 0.15) is 0 Å². The van der Waals surface area contributed by atoms with Crippen molar-refractivity contribution in [2.24, 2.45) is 0 Å². The summed E-state index contributed by atoms with van der Waals surface area (Å²) in [5, 5.41) is 7.76. The van der Waals surface area contributed by atoms with E-state index in [4.69, 9.17) is 12.2 Å². The summed E-state index contributed by atoms with van der Waals surface area (Å²) in [6.45, 7) is 1.72. The molecule has 0 bridgehead atoms. The highest BCUT2D eigenvalue weighted by Gasteiger charge is 2.30. The molecule has 0 radical (unpaired) electrons. The summed E-state index contributed by atoms with van der Waals surface area (Å²) < 4.78 is 2.57. The number of nitrogens with one attached hydrogen (secondary N) is 1. The zero-order valence-electron chi connectivity index (χ0n) is 14.5. The fourth-order valence-corrected chi connectivity index (χ4v) is 5.63. The van der Waals surface area contributed by atoms with Crippen LogP contribution in [0.4, 0.5) is 0 Å². The van der Waals surface area contributed by atoms with Crippen LogP contribution in [0.3, 0.4) is 0 Å². The highest BCUT2D eigenvalue weighted by Crippen LogP contribution is 2.39. The molecule has 1 aliphatic heterocycles. The number of rotatable bonds is 4. The summed E-state index contributed by atoms with van der Waals surface area (Å²) in [5.41, 5.74) is 2.49. The molecule has 1 N–H and O–H groups in total. The molecule has 0 spiro atoms. The maximum absolute atomic E-state index is 5.54. The number of fused-ring (bicyclic) bond motifs is 1. The Morgan fingerprint density at radius 1 is 1.07 bits per heavy atom. The molecule has 4 nitrogen and oxygen atoms in total. The second kappa shape index (κ2) is 7.16. The average Bonchev–Trinajstić information content (AvgIpc) is 3.44. The molecule has 0 fully saturated rings. The first-order chi connectivity index (χ1) is 13.3. The molecule has 0 saturated heterocycles. The minimum absolute atomic E-state index is 0.283. The Balaban J connectivity index is 1.48. The van der Waals surface area contributed by atoms with E-state index in [2.05, 4.69) is 43.9 Å². The fourth-order valence-electron chi connectivity index (χ4n) is 3.66. The van der Waals surface area contributed by atoms with E-state index in [-0.39, 0.29) is 6.04 Å². The lowest BCUT2D eigenvalue weighted by Gasteiger charge is -2.35. The molecule has 0 amide bonds. The zero-order chi connectivity index (χ0) is 18.2. The van der Waals surface area contributed by atoms with Crippen LogP contribution in [0.5, 0.6) is 0 Å². The largest absolute Gasteiger partial charge is 0.278 e. The van der Waals surface area contributed by atoms with E-state index >= 15 is 0 Å². The van der Waals surface area contributed by atoms with Crippen molar-refractivity contribution >= 4 is 34.9 Å². The number of aromatic nitrogens is 3. The summed E-state index contributed by atoms with van der Waals surface area (Å²) >= 11 is 9.23. The predicted molar refractivity (Wildman–Crippen MR) is 114 cm³/mol. The van der Waals surface area contributed by atoms with Crippen LogP contribution in [0.2, 0.25) is 0 Å². The monoisotopic (exact) mass is 410 g/mol. The Morgan fingerprint density at radius 2 is 1.96 bits per heavy atom. The van der Waals surface area contributed by atoms with Gasteiger partial charge in [-0.3, -0.25) is 10.00 Å². The van der Waals surface area contributed by atoms with Crippen molar-refractivity contribution in [3.05, 3.63) is 79.4 Å². The van der Waals surface area contributed by atoms with Gasteiger partial charge >= 0.3 is 0 Å². The molecular weight excluding hydrogens is 392 g/mol. The fraction of sp³-hybridized carbons (Fsp3) is 0.200. The summed E-state index contributed by atoms with van der Waals surface area (Å²) in [6.07, 6.45) is 1.09. The average molecular weight is 411 g/mol. The molecule has 7 heteroatoms. The maximum atomic E-state index is 5.54. The first kappa shape index (κ1) is 17.1.